The molecule has 5 nitrogen and oxygen atoms in total. The SMILES string of the molecule is O=C(CNC(=O)c1ccc(F)cc1)NC1CCOc2ccccc21. The Labute approximate surface area is 138 Å². The van der Waals surface area contributed by atoms with Crippen LogP contribution in [-0.2, 0) is 4.79 Å². The second-order valence-corrected chi connectivity index (χ2v) is 5.48. The number of halogens is 1. The first-order valence-electron chi connectivity index (χ1n) is 7.68. The highest BCUT2D eigenvalue weighted by molar-refractivity contribution is 5.96. The van der Waals surface area contributed by atoms with Crippen LogP contribution in [0.2, 0.25) is 0 Å². The summed E-state index contributed by atoms with van der Waals surface area (Å²) < 4.78 is 18.4. The van der Waals surface area contributed by atoms with Crippen LogP contribution in [0.3, 0.4) is 0 Å². The van der Waals surface area contributed by atoms with Crippen LogP contribution >= 0.6 is 0 Å². The van der Waals surface area contributed by atoms with Gasteiger partial charge in [0.1, 0.15) is 11.6 Å². The lowest BCUT2D eigenvalue weighted by Gasteiger charge is -2.26. The standard InChI is InChI=1S/C18H17FN2O3/c19-13-7-5-12(6-8-13)18(23)20-11-17(22)21-15-9-10-24-16-4-2-1-3-14(15)16/h1-8,15H,9-11H2,(H,20,23)(H,21,22). The van der Waals surface area contributed by atoms with Gasteiger partial charge < -0.3 is 15.4 Å². The van der Waals surface area contributed by atoms with Crippen molar-refractivity contribution in [3.05, 3.63) is 65.5 Å². The molecule has 1 unspecified atom stereocenters. The van der Waals surface area contributed by atoms with Gasteiger partial charge in [0.25, 0.3) is 5.91 Å². The summed E-state index contributed by atoms with van der Waals surface area (Å²) in [7, 11) is 0. The van der Waals surface area contributed by atoms with Crippen LogP contribution in [0.4, 0.5) is 4.39 Å². The molecule has 1 aliphatic rings. The number of hydrogen-bond donors (Lipinski definition) is 2. The number of rotatable bonds is 4. The third-order valence-electron chi connectivity index (χ3n) is 3.81. The minimum Gasteiger partial charge on any atom is -0.493 e. The molecule has 124 valence electrons. The number of carbonyl (C=O) groups is 2. The summed E-state index contributed by atoms with van der Waals surface area (Å²) in [5.41, 5.74) is 1.24. The molecule has 1 atom stereocenters. The van der Waals surface area contributed by atoms with Crippen LogP contribution in [0.15, 0.2) is 48.5 Å². The Morgan fingerprint density at radius 1 is 1.12 bits per heavy atom. The molecule has 1 aliphatic heterocycles. The van der Waals surface area contributed by atoms with Gasteiger partial charge >= 0.3 is 0 Å². The first-order chi connectivity index (χ1) is 11.6. The number of benzene rings is 2. The minimum absolute atomic E-state index is 0.134. The van der Waals surface area contributed by atoms with Crippen molar-refractivity contribution in [2.45, 2.75) is 12.5 Å². The van der Waals surface area contributed by atoms with E-state index in [1.165, 1.54) is 24.3 Å². The summed E-state index contributed by atoms with van der Waals surface area (Å²) in [6.07, 6.45) is 0.675. The number of amides is 2. The predicted octanol–water partition coefficient (Wildman–Crippen LogP) is 2.20. The highest BCUT2D eigenvalue weighted by Crippen LogP contribution is 2.31. The highest BCUT2D eigenvalue weighted by atomic mass is 19.1. The molecule has 1 heterocycles. The van der Waals surface area contributed by atoms with Crippen molar-refractivity contribution in [1.82, 2.24) is 10.6 Å². The van der Waals surface area contributed by atoms with Gasteiger partial charge in [0.2, 0.25) is 5.91 Å². The fourth-order valence-corrected chi connectivity index (χ4v) is 2.60. The first-order valence-corrected chi connectivity index (χ1v) is 7.68. The van der Waals surface area contributed by atoms with E-state index in [1.807, 2.05) is 24.3 Å². The Morgan fingerprint density at radius 2 is 1.88 bits per heavy atom. The van der Waals surface area contributed by atoms with Crippen LogP contribution in [-0.4, -0.2) is 25.0 Å². The summed E-state index contributed by atoms with van der Waals surface area (Å²) in [4.78, 5) is 24.0. The van der Waals surface area contributed by atoms with Crippen LogP contribution in [0, 0.1) is 5.82 Å². The van der Waals surface area contributed by atoms with E-state index in [-0.39, 0.29) is 18.5 Å². The van der Waals surface area contributed by atoms with Crippen molar-refractivity contribution in [3.63, 3.8) is 0 Å². The topological polar surface area (TPSA) is 67.4 Å². The lowest BCUT2D eigenvalue weighted by atomic mass is 10.0. The third kappa shape index (κ3) is 3.71. The van der Waals surface area contributed by atoms with Gasteiger partial charge in [-0.05, 0) is 30.3 Å². The Hall–Kier alpha value is -2.89. The van der Waals surface area contributed by atoms with Crippen molar-refractivity contribution in [3.8, 4) is 5.75 Å². The molecule has 0 spiro atoms. The fourth-order valence-electron chi connectivity index (χ4n) is 2.60. The van der Waals surface area contributed by atoms with Gasteiger partial charge in [0.05, 0.1) is 19.2 Å². The monoisotopic (exact) mass is 328 g/mol. The molecule has 2 aromatic rings. The summed E-state index contributed by atoms with van der Waals surface area (Å²) in [5, 5.41) is 5.42. The number of carbonyl (C=O) groups excluding carboxylic acids is 2. The molecule has 0 aromatic heterocycles. The maximum atomic E-state index is 12.8. The van der Waals surface area contributed by atoms with Crippen molar-refractivity contribution in [2.24, 2.45) is 0 Å². The minimum atomic E-state index is -0.419. The fraction of sp³-hybridized carbons (Fsp3) is 0.222. The van der Waals surface area contributed by atoms with E-state index >= 15 is 0 Å². The largest absolute Gasteiger partial charge is 0.493 e. The summed E-state index contributed by atoms with van der Waals surface area (Å²) in [5.74, 6) is -0.350. The van der Waals surface area contributed by atoms with E-state index < -0.39 is 11.7 Å². The third-order valence-corrected chi connectivity index (χ3v) is 3.81. The molecule has 6 heteroatoms. The molecular formula is C18H17FN2O3. The molecule has 0 saturated heterocycles. The van der Waals surface area contributed by atoms with E-state index in [2.05, 4.69) is 10.6 Å². The molecule has 2 amide bonds. The summed E-state index contributed by atoms with van der Waals surface area (Å²) in [6, 6.07) is 12.6. The normalized spacial score (nSPS) is 15.8. The van der Waals surface area contributed by atoms with Crippen LogP contribution in [0.25, 0.3) is 0 Å². The van der Waals surface area contributed by atoms with Gasteiger partial charge in [-0.2, -0.15) is 0 Å². The van der Waals surface area contributed by atoms with Gasteiger partial charge in [-0.1, -0.05) is 18.2 Å². The van der Waals surface area contributed by atoms with Crippen molar-refractivity contribution in [1.29, 1.82) is 0 Å². The summed E-state index contributed by atoms with van der Waals surface area (Å²) in [6.45, 7) is 0.389. The lowest BCUT2D eigenvalue weighted by molar-refractivity contribution is -0.121. The van der Waals surface area contributed by atoms with Gasteiger partial charge in [-0.25, -0.2) is 4.39 Å². The molecule has 0 aliphatic carbocycles. The van der Waals surface area contributed by atoms with Crippen LogP contribution in [0.5, 0.6) is 5.75 Å². The molecular weight excluding hydrogens is 311 g/mol. The highest BCUT2D eigenvalue weighted by Gasteiger charge is 2.22. The molecule has 0 saturated carbocycles. The quantitative estimate of drug-likeness (QED) is 0.904. The second-order valence-electron chi connectivity index (χ2n) is 5.48. The lowest BCUT2D eigenvalue weighted by Crippen LogP contribution is -2.39. The van der Waals surface area contributed by atoms with Gasteiger partial charge in [-0.3, -0.25) is 9.59 Å². The zero-order chi connectivity index (χ0) is 16.9. The van der Waals surface area contributed by atoms with Crippen molar-refractivity contribution < 1.29 is 18.7 Å². The van der Waals surface area contributed by atoms with Crippen molar-refractivity contribution in [2.75, 3.05) is 13.2 Å². The van der Waals surface area contributed by atoms with E-state index in [0.717, 1.165) is 11.3 Å². The number of para-hydroxylation sites is 1. The predicted molar refractivity (Wildman–Crippen MR) is 86.2 cm³/mol. The van der Waals surface area contributed by atoms with Crippen LogP contribution < -0.4 is 15.4 Å². The maximum absolute atomic E-state index is 12.8. The van der Waals surface area contributed by atoms with Crippen LogP contribution in [0.1, 0.15) is 28.4 Å². The Bertz CT molecular complexity index is 746. The van der Waals surface area contributed by atoms with Crippen molar-refractivity contribution >= 4 is 11.8 Å². The van der Waals surface area contributed by atoms with Gasteiger partial charge in [-0.15, -0.1) is 0 Å². The number of hydrogen-bond acceptors (Lipinski definition) is 3. The zero-order valence-corrected chi connectivity index (χ0v) is 12.9. The molecule has 0 fully saturated rings. The Balaban J connectivity index is 1.55. The molecule has 0 radical (unpaired) electrons. The Kier molecular flexibility index (Phi) is 4.74. The zero-order valence-electron chi connectivity index (χ0n) is 12.9. The number of ether oxygens (including phenoxy) is 1. The summed E-state index contributed by atoms with van der Waals surface area (Å²) >= 11 is 0. The second kappa shape index (κ2) is 7.12. The molecule has 0 bridgehead atoms. The van der Waals surface area contributed by atoms with E-state index in [9.17, 15) is 14.0 Å². The number of fused-ring (bicyclic) bond motifs is 1. The molecule has 2 aromatic carbocycles. The average molecular weight is 328 g/mol. The first kappa shape index (κ1) is 16.0. The molecule has 2 N–H and O–H groups in total. The number of nitrogens with one attached hydrogen (secondary N) is 2. The average Bonchev–Trinajstić information content (AvgIpc) is 2.61. The molecule has 24 heavy (non-hydrogen) atoms. The van der Waals surface area contributed by atoms with Gasteiger partial charge in [0.15, 0.2) is 0 Å². The maximum Gasteiger partial charge on any atom is 0.251 e. The van der Waals surface area contributed by atoms with E-state index in [4.69, 9.17) is 4.74 Å². The van der Waals surface area contributed by atoms with Gasteiger partial charge in [0, 0.05) is 17.5 Å². The Morgan fingerprint density at radius 3 is 2.67 bits per heavy atom. The van der Waals surface area contributed by atoms with E-state index in [1.54, 1.807) is 0 Å². The molecule has 3 rings (SSSR count). The smallest absolute Gasteiger partial charge is 0.251 e. The van der Waals surface area contributed by atoms with E-state index in [0.29, 0.717) is 18.6 Å².